The average molecular weight is 142 g/mol. The van der Waals surface area contributed by atoms with Crippen LogP contribution in [0.25, 0.3) is 0 Å². The Balaban J connectivity index is 0.000000371. The molecule has 0 aromatic rings. The Bertz CT molecular complexity index is 105. The van der Waals surface area contributed by atoms with Crippen molar-refractivity contribution in [3.05, 3.63) is 11.8 Å². The zero-order valence-electron chi connectivity index (χ0n) is 7.22. The van der Waals surface area contributed by atoms with E-state index in [4.69, 9.17) is 5.11 Å². The Morgan fingerprint density at radius 2 is 2.10 bits per heavy atom. The fourth-order valence-electron chi connectivity index (χ4n) is 0.951. The van der Waals surface area contributed by atoms with E-state index in [-0.39, 0.29) is 0 Å². The third kappa shape index (κ3) is 3.54. The zero-order chi connectivity index (χ0) is 7.98. The van der Waals surface area contributed by atoms with Gasteiger partial charge in [-0.3, -0.25) is 0 Å². The second-order valence-corrected chi connectivity index (χ2v) is 2.58. The summed E-state index contributed by atoms with van der Waals surface area (Å²) in [4.78, 5) is 0. The van der Waals surface area contributed by atoms with Gasteiger partial charge < -0.3 is 5.11 Å². The lowest BCUT2D eigenvalue weighted by Gasteiger charge is -2.13. The van der Waals surface area contributed by atoms with Gasteiger partial charge in [-0.25, -0.2) is 0 Å². The molecule has 0 aromatic carbocycles. The first kappa shape index (κ1) is 9.54. The van der Waals surface area contributed by atoms with Crippen LogP contribution in [0.4, 0.5) is 0 Å². The normalized spacial score (nSPS) is 24.3. The lowest BCUT2D eigenvalue weighted by Crippen LogP contribution is -2.00. The molecule has 0 bridgehead atoms. The van der Waals surface area contributed by atoms with Gasteiger partial charge in [-0.1, -0.05) is 20.8 Å². The van der Waals surface area contributed by atoms with Crippen LogP contribution in [0.1, 0.15) is 40.0 Å². The fraction of sp³-hybridized carbons (Fsp3) is 0.778. The van der Waals surface area contributed by atoms with Gasteiger partial charge in [0.1, 0.15) is 0 Å². The second-order valence-electron chi connectivity index (χ2n) is 2.58. The number of allylic oxidation sites excluding steroid dienone is 2. The van der Waals surface area contributed by atoms with E-state index in [2.05, 4.69) is 6.92 Å². The molecule has 0 aliphatic heterocycles. The first-order chi connectivity index (χ1) is 4.79. The standard InChI is InChI=1S/C7H12O.C2H6/c1-6-2-4-7(8)5-3-6;1-2/h4,6,8H,2-3,5H2,1H3;1-2H3/t6-;/m0./s1. The molecule has 0 fully saturated rings. The first-order valence-electron chi connectivity index (χ1n) is 4.17. The summed E-state index contributed by atoms with van der Waals surface area (Å²) >= 11 is 0. The van der Waals surface area contributed by atoms with Crippen molar-refractivity contribution < 1.29 is 5.11 Å². The fourth-order valence-corrected chi connectivity index (χ4v) is 0.951. The predicted octanol–water partition coefficient (Wildman–Crippen LogP) is 3.27. The first-order valence-corrected chi connectivity index (χ1v) is 4.17. The monoisotopic (exact) mass is 142 g/mol. The minimum absolute atomic E-state index is 0.586. The van der Waals surface area contributed by atoms with Gasteiger partial charge >= 0.3 is 0 Å². The summed E-state index contributed by atoms with van der Waals surface area (Å²) in [7, 11) is 0. The van der Waals surface area contributed by atoms with E-state index in [0.29, 0.717) is 5.76 Å². The SMILES string of the molecule is CC.C[C@H]1CC=C(O)CC1. The zero-order valence-corrected chi connectivity index (χ0v) is 7.22. The minimum atomic E-state index is 0.586. The van der Waals surface area contributed by atoms with E-state index in [9.17, 15) is 0 Å². The maximum Gasteiger partial charge on any atom is 0.0883 e. The maximum atomic E-state index is 8.89. The molecule has 0 amide bonds. The molecular formula is C9H18O. The van der Waals surface area contributed by atoms with Crippen LogP contribution in [-0.4, -0.2) is 5.11 Å². The van der Waals surface area contributed by atoms with Gasteiger partial charge in [0.25, 0.3) is 0 Å². The van der Waals surface area contributed by atoms with Gasteiger partial charge in [-0.2, -0.15) is 0 Å². The molecule has 1 rings (SSSR count). The molecule has 1 aliphatic carbocycles. The Morgan fingerprint density at radius 1 is 1.50 bits per heavy atom. The molecule has 1 aliphatic rings. The van der Waals surface area contributed by atoms with Crippen LogP contribution in [0.3, 0.4) is 0 Å². The van der Waals surface area contributed by atoms with Crippen molar-refractivity contribution in [2.24, 2.45) is 5.92 Å². The lowest BCUT2D eigenvalue weighted by molar-refractivity contribution is 0.344. The summed E-state index contributed by atoms with van der Waals surface area (Å²) in [5, 5.41) is 8.89. The van der Waals surface area contributed by atoms with Gasteiger partial charge in [0.2, 0.25) is 0 Å². The van der Waals surface area contributed by atoms with Gasteiger partial charge in [0.15, 0.2) is 0 Å². The van der Waals surface area contributed by atoms with Crippen LogP contribution < -0.4 is 0 Å². The number of hydrogen-bond donors (Lipinski definition) is 1. The molecule has 10 heavy (non-hydrogen) atoms. The van der Waals surface area contributed by atoms with E-state index >= 15 is 0 Å². The quantitative estimate of drug-likeness (QED) is 0.550. The van der Waals surface area contributed by atoms with Crippen LogP contribution in [0.2, 0.25) is 0 Å². The summed E-state index contributed by atoms with van der Waals surface area (Å²) in [5.74, 6) is 1.37. The van der Waals surface area contributed by atoms with E-state index < -0.39 is 0 Å². The van der Waals surface area contributed by atoms with Crippen molar-refractivity contribution in [1.82, 2.24) is 0 Å². The molecule has 0 spiro atoms. The van der Waals surface area contributed by atoms with E-state index in [1.54, 1.807) is 0 Å². The van der Waals surface area contributed by atoms with Gasteiger partial charge in [0.05, 0.1) is 5.76 Å². The highest BCUT2D eigenvalue weighted by Crippen LogP contribution is 2.20. The van der Waals surface area contributed by atoms with E-state index in [1.165, 1.54) is 0 Å². The number of aliphatic hydroxyl groups excluding tert-OH is 1. The highest BCUT2D eigenvalue weighted by Gasteiger charge is 2.07. The second kappa shape index (κ2) is 5.33. The maximum absolute atomic E-state index is 8.89. The Hall–Kier alpha value is -0.460. The summed E-state index contributed by atoms with van der Waals surface area (Å²) in [6.07, 6.45) is 5.03. The summed E-state index contributed by atoms with van der Waals surface area (Å²) < 4.78 is 0. The molecular weight excluding hydrogens is 124 g/mol. The summed E-state index contributed by atoms with van der Waals surface area (Å²) in [6.45, 7) is 6.21. The Morgan fingerprint density at radius 3 is 2.40 bits per heavy atom. The predicted molar refractivity (Wildman–Crippen MR) is 45.1 cm³/mol. The smallest absolute Gasteiger partial charge is 0.0883 e. The van der Waals surface area contributed by atoms with Gasteiger partial charge in [-0.05, 0) is 24.8 Å². The highest BCUT2D eigenvalue weighted by atomic mass is 16.3. The average Bonchev–Trinajstić information content (AvgIpc) is 2.00. The molecule has 0 saturated carbocycles. The Labute approximate surface area is 63.8 Å². The molecule has 0 radical (unpaired) electrons. The van der Waals surface area contributed by atoms with Crippen molar-refractivity contribution in [2.75, 3.05) is 0 Å². The largest absolute Gasteiger partial charge is 0.513 e. The molecule has 0 heterocycles. The number of rotatable bonds is 0. The van der Waals surface area contributed by atoms with Crippen molar-refractivity contribution in [3.8, 4) is 0 Å². The van der Waals surface area contributed by atoms with Gasteiger partial charge in [-0.15, -0.1) is 0 Å². The van der Waals surface area contributed by atoms with Crippen molar-refractivity contribution in [1.29, 1.82) is 0 Å². The molecule has 1 nitrogen and oxygen atoms in total. The highest BCUT2D eigenvalue weighted by molar-refractivity contribution is 4.95. The van der Waals surface area contributed by atoms with Crippen LogP contribution >= 0.6 is 0 Å². The van der Waals surface area contributed by atoms with E-state index in [1.807, 2.05) is 19.9 Å². The van der Waals surface area contributed by atoms with Crippen molar-refractivity contribution >= 4 is 0 Å². The third-order valence-electron chi connectivity index (χ3n) is 1.65. The number of hydrogen-bond acceptors (Lipinski definition) is 1. The van der Waals surface area contributed by atoms with Crippen LogP contribution in [0, 0.1) is 5.92 Å². The molecule has 1 heteroatoms. The molecule has 60 valence electrons. The third-order valence-corrected chi connectivity index (χ3v) is 1.65. The van der Waals surface area contributed by atoms with Crippen LogP contribution in [0.5, 0.6) is 0 Å². The molecule has 1 N–H and O–H groups in total. The molecule has 0 saturated heterocycles. The van der Waals surface area contributed by atoms with E-state index in [0.717, 1.165) is 25.2 Å². The topological polar surface area (TPSA) is 20.2 Å². The Kier molecular flexibility index (Phi) is 5.09. The molecule has 0 unspecified atom stereocenters. The lowest BCUT2D eigenvalue weighted by atomic mass is 9.96. The van der Waals surface area contributed by atoms with Gasteiger partial charge in [0, 0.05) is 6.42 Å². The number of aliphatic hydroxyl groups is 1. The molecule has 0 aromatic heterocycles. The molecule has 1 atom stereocenters. The van der Waals surface area contributed by atoms with Crippen LogP contribution in [-0.2, 0) is 0 Å². The summed E-state index contributed by atoms with van der Waals surface area (Å²) in [5.41, 5.74) is 0. The van der Waals surface area contributed by atoms with Crippen LogP contribution in [0.15, 0.2) is 11.8 Å². The minimum Gasteiger partial charge on any atom is -0.513 e. The summed E-state index contributed by atoms with van der Waals surface area (Å²) in [6, 6.07) is 0. The van der Waals surface area contributed by atoms with Crippen molar-refractivity contribution in [2.45, 2.75) is 40.0 Å². The van der Waals surface area contributed by atoms with Crippen molar-refractivity contribution in [3.63, 3.8) is 0 Å².